The van der Waals surface area contributed by atoms with E-state index in [1.54, 1.807) is 18.3 Å². The van der Waals surface area contributed by atoms with Gasteiger partial charge in [0, 0.05) is 24.9 Å². The third kappa shape index (κ3) is 3.89. The van der Waals surface area contributed by atoms with Gasteiger partial charge in [0.05, 0.1) is 22.4 Å². The number of benzene rings is 1. The Hall–Kier alpha value is -2.74. The second-order valence-electron chi connectivity index (χ2n) is 4.70. The first-order chi connectivity index (χ1) is 10.6. The number of unbranched alkanes of at least 4 members (excludes halogenated alkanes) is 1. The summed E-state index contributed by atoms with van der Waals surface area (Å²) in [6.45, 7) is 1.17. The fraction of sp³-hybridized carbons (Fsp3) is 0.286. The van der Waals surface area contributed by atoms with E-state index in [4.69, 9.17) is 5.73 Å². The predicted octanol–water partition coefficient (Wildman–Crippen LogP) is 1.25. The lowest BCUT2D eigenvalue weighted by atomic mass is 10.3. The third-order valence-corrected chi connectivity index (χ3v) is 3.09. The van der Waals surface area contributed by atoms with E-state index in [1.807, 2.05) is 0 Å². The van der Waals surface area contributed by atoms with E-state index in [-0.39, 0.29) is 11.6 Å². The maximum atomic E-state index is 11.9. The number of nitrogens with zero attached hydrogens (tertiary/aromatic N) is 3. The number of nitro groups is 1. The van der Waals surface area contributed by atoms with Crippen molar-refractivity contribution in [2.24, 2.45) is 5.73 Å². The maximum Gasteiger partial charge on any atom is 0.269 e. The first-order valence-corrected chi connectivity index (χ1v) is 6.89. The van der Waals surface area contributed by atoms with Crippen LogP contribution in [0.25, 0.3) is 5.69 Å². The minimum atomic E-state index is -0.465. The van der Waals surface area contributed by atoms with Crippen molar-refractivity contribution in [3.8, 4) is 5.69 Å². The number of non-ortho nitro benzene ring substituents is 1. The van der Waals surface area contributed by atoms with E-state index in [0.29, 0.717) is 24.3 Å². The molecule has 1 heterocycles. The van der Waals surface area contributed by atoms with Crippen LogP contribution in [0.5, 0.6) is 0 Å². The number of hydrogen-bond acceptors (Lipinski definition) is 5. The van der Waals surface area contributed by atoms with Crippen molar-refractivity contribution >= 4 is 11.6 Å². The molecule has 0 aliphatic carbocycles. The lowest BCUT2D eigenvalue weighted by Crippen LogP contribution is -2.24. The molecule has 0 unspecified atom stereocenters. The van der Waals surface area contributed by atoms with Crippen molar-refractivity contribution < 1.29 is 9.72 Å². The molecule has 0 saturated carbocycles. The largest absolute Gasteiger partial charge is 0.352 e. The molecule has 0 aliphatic heterocycles. The summed E-state index contributed by atoms with van der Waals surface area (Å²) >= 11 is 0. The quantitative estimate of drug-likeness (QED) is 0.453. The van der Waals surface area contributed by atoms with Crippen LogP contribution in [-0.4, -0.2) is 33.7 Å². The number of rotatable bonds is 7. The van der Waals surface area contributed by atoms with Gasteiger partial charge in [-0.2, -0.15) is 5.10 Å². The molecular weight excluding hydrogens is 286 g/mol. The Morgan fingerprint density at radius 2 is 2.05 bits per heavy atom. The first kappa shape index (κ1) is 15.6. The van der Waals surface area contributed by atoms with Crippen LogP contribution < -0.4 is 11.1 Å². The Kier molecular flexibility index (Phi) is 5.21. The van der Waals surface area contributed by atoms with Gasteiger partial charge in [-0.25, -0.2) is 4.68 Å². The van der Waals surface area contributed by atoms with Crippen molar-refractivity contribution in [1.29, 1.82) is 0 Å². The number of amides is 1. The molecule has 0 spiro atoms. The molecule has 0 bridgehead atoms. The molecule has 0 fully saturated rings. The summed E-state index contributed by atoms with van der Waals surface area (Å²) in [6, 6.07) is 5.94. The average molecular weight is 303 g/mol. The minimum absolute atomic E-state index is 0.00813. The molecule has 3 N–H and O–H groups in total. The van der Waals surface area contributed by atoms with E-state index in [9.17, 15) is 14.9 Å². The van der Waals surface area contributed by atoms with Gasteiger partial charge in [-0.15, -0.1) is 0 Å². The van der Waals surface area contributed by atoms with Crippen LogP contribution in [-0.2, 0) is 0 Å². The number of carbonyl (C=O) groups is 1. The summed E-state index contributed by atoms with van der Waals surface area (Å²) in [6.07, 6.45) is 4.74. The summed E-state index contributed by atoms with van der Waals surface area (Å²) in [4.78, 5) is 22.1. The van der Waals surface area contributed by atoms with Crippen molar-refractivity contribution in [2.45, 2.75) is 12.8 Å². The zero-order valence-corrected chi connectivity index (χ0v) is 11.9. The summed E-state index contributed by atoms with van der Waals surface area (Å²) in [7, 11) is 0. The van der Waals surface area contributed by atoms with Crippen LogP contribution in [0.1, 0.15) is 23.2 Å². The van der Waals surface area contributed by atoms with Crippen LogP contribution in [0.3, 0.4) is 0 Å². The smallest absolute Gasteiger partial charge is 0.269 e. The fourth-order valence-corrected chi connectivity index (χ4v) is 1.88. The molecule has 2 rings (SSSR count). The number of nitrogens with two attached hydrogens (primary N) is 1. The molecule has 8 heteroatoms. The van der Waals surface area contributed by atoms with Gasteiger partial charge in [-0.1, -0.05) is 0 Å². The van der Waals surface area contributed by atoms with Crippen LogP contribution in [0.15, 0.2) is 36.7 Å². The molecule has 1 aromatic heterocycles. The van der Waals surface area contributed by atoms with Gasteiger partial charge in [-0.05, 0) is 31.5 Å². The Balaban J connectivity index is 2.01. The molecule has 22 heavy (non-hydrogen) atoms. The number of carbonyl (C=O) groups excluding carboxylic acids is 1. The van der Waals surface area contributed by atoms with Gasteiger partial charge in [0.25, 0.3) is 11.6 Å². The molecule has 0 saturated heterocycles. The molecular formula is C14H17N5O3. The lowest BCUT2D eigenvalue weighted by Gasteiger charge is -2.02. The van der Waals surface area contributed by atoms with Gasteiger partial charge in [-0.3, -0.25) is 14.9 Å². The SMILES string of the molecule is NCCCCNC(=O)c1cnn(-c2ccc([N+](=O)[O-])cc2)c1. The highest BCUT2D eigenvalue weighted by Crippen LogP contribution is 2.15. The highest BCUT2D eigenvalue weighted by atomic mass is 16.6. The number of nitrogens with one attached hydrogen (secondary N) is 1. The van der Waals surface area contributed by atoms with Crippen LogP contribution in [0.2, 0.25) is 0 Å². The van der Waals surface area contributed by atoms with Gasteiger partial charge < -0.3 is 11.1 Å². The van der Waals surface area contributed by atoms with Crippen LogP contribution >= 0.6 is 0 Å². The van der Waals surface area contributed by atoms with E-state index in [1.165, 1.54) is 23.0 Å². The standard InChI is InChI=1S/C14H17N5O3/c15-7-1-2-8-16-14(20)11-9-17-18(10-11)12-3-5-13(6-4-12)19(21)22/h3-6,9-10H,1-2,7-8,15H2,(H,16,20). The van der Waals surface area contributed by atoms with Gasteiger partial charge >= 0.3 is 0 Å². The van der Waals surface area contributed by atoms with Crippen LogP contribution in [0.4, 0.5) is 5.69 Å². The second-order valence-corrected chi connectivity index (χ2v) is 4.70. The highest BCUT2D eigenvalue weighted by molar-refractivity contribution is 5.93. The lowest BCUT2D eigenvalue weighted by molar-refractivity contribution is -0.384. The fourth-order valence-electron chi connectivity index (χ4n) is 1.88. The minimum Gasteiger partial charge on any atom is -0.352 e. The monoisotopic (exact) mass is 303 g/mol. The number of hydrogen-bond donors (Lipinski definition) is 2. The summed E-state index contributed by atoms with van der Waals surface area (Å²) < 4.78 is 1.50. The Bertz CT molecular complexity index is 651. The number of nitro benzene ring substituents is 1. The highest BCUT2D eigenvalue weighted by Gasteiger charge is 2.10. The Morgan fingerprint density at radius 1 is 1.32 bits per heavy atom. The van der Waals surface area contributed by atoms with Crippen molar-refractivity contribution in [1.82, 2.24) is 15.1 Å². The summed E-state index contributed by atoms with van der Waals surface area (Å²) in [5.74, 6) is -0.204. The second kappa shape index (κ2) is 7.32. The number of aromatic nitrogens is 2. The van der Waals surface area contributed by atoms with E-state index >= 15 is 0 Å². The van der Waals surface area contributed by atoms with E-state index < -0.39 is 4.92 Å². The van der Waals surface area contributed by atoms with Crippen molar-refractivity contribution in [3.05, 3.63) is 52.3 Å². The normalized spacial score (nSPS) is 10.4. The zero-order valence-electron chi connectivity index (χ0n) is 11.9. The Morgan fingerprint density at radius 3 is 2.68 bits per heavy atom. The summed E-state index contributed by atoms with van der Waals surface area (Å²) in [5, 5.41) is 17.5. The van der Waals surface area contributed by atoms with E-state index in [2.05, 4.69) is 10.4 Å². The first-order valence-electron chi connectivity index (χ1n) is 6.89. The molecule has 116 valence electrons. The van der Waals surface area contributed by atoms with Crippen LogP contribution in [0, 0.1) is 10.1 Å². The molecule has 0 aliphatic rings. The van der Waals surface area contributed by atoms with Crippen molar-refractivity contribution in [2.75, 3.05) is 13.1 Å². The van der Waals surface area contributed by atoms with Gasteiger partial charge in [0.2, 0.25) is 0 Å². The van der Waals surface area contributed by atoms with Gasteiger partial charge in [0.1, 0.15) is 0 Å². The zero-order chi connectivity index (χ0) is 15.9. The molecule has 0 radical (unpaired) electrons. The summed E-state index contributed by atoms with van der Waals surface area (Å²) in [5.41, 5.74) is 6.48. The average Bonchev–Trinajstić information content (AvgIpc) is 3.01. The predicted molar refractivity (Wildman–Crippen MR) is 80.8 cm³/mol. The molecule has 8 nitrogen and oxygen atoms in total. The topological polar surface area (TPSA) is 116 Å². The molecule has 0 atom stereocenters. The van der Waals surface area contributed by atoms with Gasteiger partial charge in [0.15, 0.2) is 0 Å². The molecule has 1 aromatic carbocycles. The third-order valence-electron chi connectivity index (χ3n) is 3.09. The van der Waals surface area contributed by atoms with E-state index in [0.717, 1.165) is 12.8 Å². The van der Waals surface area contributed by atoms with Crippen molar-refractivity contribution in [3.63, 3.8) is 0 Å². The molecule has 2 aromatic rings. The Labute approximate surface area is 127 Å². The maximum absolute atomic E-state index is 11.9. The molecule has 1 amide bonds.